The Balaban J connectivity index is 1.53. The first-order valence-electron chi connectivity index (χ1n) is 16.3. The monoisotopic (exact) mass is 690 g/mol. The molecular formula is C34H50N4O9S. The predicted octanol–water partition coefficient (Wildman–Crippen LogP) is 3.22. The Morgan fingerprint density at radius 2 is 1.79 bits per heavy atom. The molecule has 13 nitrogen and oxygen atoms in total. The van der Waals surface area contributed by atoms with Gasteiger partial charge >= 0.3 is 12.1 Å². The molecular weight excluding hydrogens is 640 g/mol. The summed E-state index contributed by atoms with van der Waals surface area (Å²) in [5.74, 6) is 0.450. The summed E-state index contributed by atoms with van der Waals surface area (Å²) in [5.41, 5.74) is 0.311. The van der Waals surface area contributed by atoms with E-state index in [4.69, 9.17) is 18.9 Å². The van der Waals surface area contributed by atoms with Crippen LogP contribution in [0.1, 0.15) is 38.7 Å². The van der Waals surface area contributed by atoms with Crippen molar-refractivity contribution in [2.75, 3.05) is 54.1 Å². The van der Waals surface area contributed by atoms with E-state index in [2.05, 4.69) is 10.6 Å². The second-order valence-corrected chi connectivity index (χ2v) is 15.3. The summed E-state index contributed by atoms with van der Waals surface area (Å²) in [6.45, 7) is 4.86. The topological polar surface area (TPSA) is 156 Å². The van der Waals surface area contributed by atoms with Gasteiger partial charge in [-0.2, -0.15) is 4.31 Å². The van der Waals surface area contributed by atoms with Gasteiger partial charge in [0.25, 0.3) is 0 Å². The van der Waals surface area contributed by atoms with Crippen molar-refractivity contribution in [3.63, 3.8) is 0 Å². The summed E-state index contributed by atoms with van der Waals surface area (Å²) in [6, 6.07) is 14.3. The zero-order valence-electron chi connectivity index (χ0n) is 28.5. The highest BCUT2D eigenvalue weighted by atomic mass is 32.2. The molecule has 2 fully saturated rings. The van der Waals surface area contributed by atoms with E-state index in [1.807, 2.05) is 44.2 Å². The minimum atomic E-state index is -4.11. The smallest absolute Gasteiger partial charge is 0.407 e. The second kappa shape index (κ2) is 16.8. The van der Waals surface area contributed by atoms with Crippen molar-refractivity contribution in [2.45, 2.75) is 69.0 Å². The molecule has 0 bridgehead atoms. The van der Waals surface area contributed by atoms with Crippen molar-refractivity contribution in [3.05, 3.63) is 60.2 Å². The lowest BCUT2D eigenvalue weighted by Crippen LogP contribution is -2.52. The summed E-state index contributed by atoms with van der Waals surface area (Å²) in [7, 11) is 0.718. The molecule has 14 heteroatoms. The Hall–Kier alpha value is -3.43. The van der Waals surface area contributed by atoms with Gasteiger partial charge < -0.3 is 39.6 Å². The van der Waals surface area contributed by atoms with Crippen LogP contribution in [0.3, 0.4) is 0 Å². The number of sulfonamides is 1. The number of nitrogens with one attached hydrogen (secondary N) is 2. The average molecular weight is 691 g/mol. The highest BCUT2D eigenvalue weighted by Gasteiger charge is 2.44. The molecule has 0 radical (unpaired) electrons. The number of carbonyl (C=O) groups is 2. The first-order valence-corrected chi connectivity index (χ1v) is 17.7. The van der Waals surface area contributed by atoms with Crippen molar-refractivity contribution < 1.29 is 42.1 Å². The molecule has 0 aromatic heterocycles. The highest BCUT2D eigenvalue weighted by molar-refractivity contribution is 7.89. The van der Waals surface area contributed by atoms with Gasteiger partial charge in [-0.1, -0.05) is 44.2 Å². The van der Waals surface area contributed by atoms with E-state index in [0.717, 1.165) is 5.56 Å². The maximum absolute atomic E-state index is 14.2. The van der Waals surface area contributed by atoms with Crippen LogP contribution in [0.5, 0.6) is 5.75 Å². The van der Waals surface area contributed by atoms with Crippen LogP contribution in [-0.2, 0) is 30.7 Å². The molecule has 3 N–H and O–H groups in total. The van der Waals surface area contributed by atoms with Crippen molar-refractivity contribution in [3.8, 4) is 5.75 Å². The summed E-state index contributed by atoms with van der Waals surface area (Å²) in [5, 5.41) is 17.4. The molecule has 48 heavy (non-hydrogen) atoms. The number of alkyl carbamates (subject to hydrolysis) is 1. The van der Waals surface area contributed by atoms with Crippen LogP contribution >= 0.6 is 0 Å². The van der Waals surface area contributed by atoms with E-state index in [1.165, 1.54) is 28.4 Å². The summed E-state index contributed by atoms with van der Waals surface area (Å²) in [4.78, 5) is 26.7. The van der Waals surface area contributed by atoms with E-state index >= 15 is 0 Å². The third-order valence-corrected chi connectivity index (χ3v) is 10.5. The number of ether oxygens (including phenoxy) is 4. The molecule has 2 aromatic rings. The van der Waals surface area contributed by atoms with Gasteiger partial charge in [0.05, 0.1) is 43.3 Å². The maximum atomic E-state index is 14.2. The SMILES string of the molecule is COc1ccc(S(=O)(=O)N(C[C@H](O)[C@H](Cc2ccccc2)NC(=O)O[C@H]2CO[C@H]3OCC[C@H]32)CC(C)(C)CCCNC(=O)N(C)C)cc1. The minimum absolute atomic E-state index is 0.0473. The number of rotatable bonds is 16. The molecule has 2 aromatic carbocycles. The largest absolute Gasteiger partial charge is 0.497 e. The number of fused-ring (bicyclic) bond motifs is 1. The number of urea groups is 1. The molecule has 2 aliphatic rings. The fourth-order valence-electron chi connectivity index (χ4n) is 5.98. The number of aliphatic hydroxyl groups excluding tert-OH is 1. The molecule has 4 rings (SSSR count). The first-order chi connectivity index (χ1) is 22.8. The fourth-order valence-corrected chi connectivity index (χ4v) is 7.63. The Bertz CT molecular complexity index is 1440. The lowest BCUT2D eigenvalue weighted by molar-refractivity contribution is -0.0907. The van der Waals surface area contributed by atoms with Gasteiger partial charge in [0, 0.05) is 33.7 Å². The Labute approximate surface area is 283 Å². The summed E-state index contributed by atoms with van der Waals surface area (Å²) in [6.07, 6.45) is -0.733. The number of aliphatic hydroxyl groups is 1. The number of amides is 3. The van der Waals surface area contributed by atoms with Gasteiger partial charge in [0.1, 0.15) is 11.9 Å². The Kier molecular flexibility index (Phi) is 13.1. The minimum Gasteiger partial charge on any atom is -0.497 e. The molecule has 0 saturated carbocycles. The lowest BCUT2D eigenvalue weighted by Gasteiger charge is -2.35. The number of hydrogen-bond donors (Lipinski definition) is 3. The van der Waals surface area contributed by atoms with Crippen LogP contribution in [0.4, 0.5) is 9.59 Å². The van der Waals surface area contributed by atoms with Gasteiger partial charge in [-0.05, 0) is 60.9 Å². The van der Waals surface area contributed by atoms with Gasteiger partial charge in [0.2, 0.25) is 10.0 Å². The van der Waals surface area contributed by atoms with E-state index < -0.39 is 46.1 Å². The standard InChI is InChI=1S/C34H50N4O9S/c1-34(2,17-9-18-35-32(40)37(3)4)23-38(48(42,43)26-14-12-25(44-5)13-15-26)21-29(39)28(20-24-10-7-6-8-11-24)36-33(41)47-30-22-46-31-27(30)16-19-45-31/h6-8,10-15,27-31,39H,9,16-23H2,1-5H3,(H,35,40)(H,36,41)/t27-,28-,29-,30-,31+/m0/s1. The molecule has 0 aliphatic carbocycles. The molecule has 2 saturated heterocycles. The van der Waals surface area contributed by atoms with Crippen LogP contribution in [0.25, 0.3) is 0 Å². The molecule has 2 aliphatic heterocycles. The van der Waals surface area contributed by atoms with Gasteiger partial charge in [0.15, 0.2) is 6.29 Å². The Morgan fingerprint density at radius 1 is 1.08 bits per heavy atom. The van der Waals surface area contributed by atoms with Crippen LogP contribution in [0, 0.1) is 11.3 Å². The molecule has 5 atom stereocenters. The number of carbonyl (C=O) groups excluding carboxylic acids is 2. The van der Waals surface area contributed by atoms with E-state index in [0.29, 0.717) is 38.2 Å². The summed E-state index contributed by atoms with van der Waals surface area (Å²) >= 11 is 0. The normalized spacial score (nSPS) is 20.5. The second-order valence-electron chi connectivity index (χ2n) is 13.3. The van der Waals surface area contributed by atoms with Crippen LogP contribution in [0.2, 0.25) is 0 Å². The van der Waals surface area contributed by atoms with Crippen molar-refractivity contribution in [1.82, 2.24) is 19.8 Å². The predicted molar refractivity (Wildman–Crippen MR) is 179 cm³/mol. The van der Waals surface area contributed by atoms with E-state index in [9.17, 15) is 23.1 Å². The lowest BCUT2D eigenvalue weighted by atomic mass is 9.87. The fraction of sp³-hybridized carbons (Fsp3) is 0.588. The Morgan fingerprint density at radius 3 is 2.46 bits per heavy atom. The average Bonchev–Trinajstić information content (AvgIpc) is 3.68. The molecule has 2 heterocycles. The highest BCUT2D eigenvalue weighted by Crippen LogP contribution is 2.33. The van der Waals surface area contributed by atoms with E-state index in [1.54, 1.807) is 26.2 Å². The van der Waals surface area contributed by atoms with Crippen LogP contribution in [-0.4, -0.2) is 113 Å². The first kappa shape index (κ1) is 37.4. The molecule has 0 spiro atoms. The molecule has 266 valence electrons. The number of hydrogen-bond acceptors (Lipinski definition) is 9. The van der Waals surface area contributed by atoms with E-state index in [-0.39, 0.29) is 43.0 Å². The number of nitrogens with zero attached hydrogens (tertiary/aromatic N) is 2. The molecule has 3 amide bonds. The van der Waals surface area contributed by atoms with Crippen LogP contribution < -0.4 is 15.4 Å². The third-order valence-electron chi connectivity index (χ3n) is 8.71. The maximum Gasteiger partial charge on any atom is 0.407 e. The van der Waals surface area contributed by atoms with Gasteiger partial charge in [-0.25, -0.2) is 18.0 Å². The molecule has 0 unspecified atom stereocenters. The zero-order valence-corrected chi connectivity index (χ0v) is 29.3. The van der Waals surface area contributed by atoms with Crippen molar-refractivity contribution in [1.29, 1.82) is 0 Å². The number of benzene rings is 2. The third kappa shape index (κ3) is 10.3. The summed E-state index contributed by atoms with van der Waals surface area (Å²) < 4.78 is 51.7. The quantitative estimate of drug-likeness (QED) is 0.225. The zero-order chi connectivity index (χ0) is 34.9. The van der Waals surface area contributed by atoms with Gasteiger partial charge in [-0.3, -0.25) is 0 Å². The number of methoxy groups -OCH3 is 1. The van der Waals surface area contributed by atoms with Crippen LogP contribution in [0.15, 0.2) is 59.5 Å². The van der Waals surface area contributed by atoms with Gasteiger partial charge in [-0.15, -0.1) is 0 Å². The van der Waals surface area contributed by atoms with Crippen molar-refractivity contribution in [2.24, 2.45) is 11.3 Å². The van der Waals surface area contributed by atoms with Crippen molar-refractivity contribution >= 4 is 22.1 Å².